The number of benzene rings is 3. The monoisotopic (exact) mass is 362 g/mol. The third kappa shape index (κ3) is 2.95. The molecule has 136 valence electrons. The third-order valence-corrected chi connectivity index (χ3v) is 4.38. The maximum atomic E-state index is 10.2. The molecule has 0 unspecified atom stereocenters. The maximum Gasteiger partial charge on any atom is 0.200 e. The van der Waals surface area contributed by atoms with Crippen molar-refractivity contribution in [1.29, 1.82) is 0 Å². The molecule has 5 heteroatoms. The molecule has 0 saturated carbocycles. The molecule has 0 atom stereocenters. The Labute approximate surface area is 156 Å². The van der Waals surface area contributed by atoms with E-state index in [0.29, 0.717) is 33.4 Å². The standard InChI is InChI=1S/C22H18O5/c1-3-12-9-10-16(23)20(25)18(12)14-5-7-15(8-6-14)19-13(4-2)11-17(24)21(26)22(19)27/h3-11,23-27H,1-2H2. The van der Waals surface area contributed by atoms with E-state index in [1.807, 2.05) is 0 Å². The lowest BCUT2D eigenvalue weighted by atomic mass is 9.93. The van der Waals surface area contributed by atoms with E-state index < -0.39 is 17.2 Å². The van der Waals surface area contributed by atoms with Crippen molar-refractivity contribution >= 4 is 12.2 Å². The van der Waals surface area contributed by atoms with Crippen LogP contribution in [0.25, 0.3) is 34.4 Å². The van der Waals surface area contributed by atoms with Crippen molar-refractivity contribution in [3.8, 4) is 51.0 Å². The molecule has 5 N–H and O–H groups in total. The van der Waals surface area contributed by atoms with E-state index in [9.17, 15) is 25.5 Å². The van der Waals surface area contributed by atoms with Gasteiger partial charge in [0.15, 0.2) is 23.0 Å². The Morgan fingerprint density at radius 3 is 1.59 bits per heavy atom. The second kappa shape index (κ2) is 6.80. The van der Waals surface area contributed by atoms with Crippen LogP contribution in [0.4, 0.5) is 0 Å². The average molecular weight is 362 g/mol. The zero-order chi connectivity index (χ0) is 19.7. The van der Waals surface area contributed by atoms with Gasteiger partial charge in [0.25, 0.3) is 0 Å². The minimum absolute atomic E-state index is 0.241. The van der Waals surface area contributed by atoms with Gasteiger partial charge in [-0.15, -0.1) is 0 Å². The second-order valence-corrected chi connectivity index (χ2v) is 5.94. The molecule has 0 aromatic heterocycles. The molecular weight excluding hydrogens is 344 g/mol. The summed E-state index contributed by atoms with van der Waals surface area (Å²) in [4.78, 5) is 0. The number of phenolic OH excluding ortho intramolecular Hbond substituents is 5. The fourth-order valence-electron chi connectivity index (χ4n) is 3.00. The fraction of sp³-hybridized carbons (Fsp3) is 0. The number of phenols is 5. The van der Waals surface area contributed by atoms with Gasteiger partial charge in [0, 0.05) is 11.1 Å². The van der Waals surface area contributed by atoms with E-state index in [-0.39, 0.29) is 11.5 Å². The Kier molecular flexibility index (Phi) is 4.52. The molecule has 0 amide bonds. The zero-order valence-corrected chi connectivity index (χ0v) is 14.3. The summed E-state index contributed by atoms with van der Waals surface area (Å²) in [6, 6.07) is 11.1. The van der Waals surface area contributed by atoms with E-state index in [0.717, 1.165) is 0 Å². The smallest absolute Gasteiger partial charge is 0.200 e. The molecule has 3 rings (SSSR count). The molecule has 0 heterocycles. The Balaban J connectivity index is 2.17. The van der Waals surface area contributed by atoms with Crippen LogP contribution in [0.5, 0.6) is 28.7 Å². The molecule has 0 aliphatic rings. The normalized spacial score (nSPS) is 10.5. The van der Waals surface area contributed by atoms with Crippen molar-refractivity contribution < 1.29 is 25.5 Å². The van der Waals surface area contributed by atoms with E-state index >= 15 is 0 Å². The Bertz CT molecular complexity index is 1050. The molecule has 5 nitrogen and oxygen atoms in total. The predicted octanol–water partition coefficient (Wildman–Crippen LogP) is 4.83. The molecule has 0 aliphatic heterocycles. The van der Waals surface area contributed by atoms with E-state index in [2.05, 4.69) is 13.2 Å². The lowest BCUT2D eigenvalue weighted by Crippen LogP contribution is -1.88. The average Bonchev–Trinajstić information content (AvgIpc) is 2.68. The summed E-state index contributed by atoms with van der Waals surface area (Å²) in [6.45, 7) is 7.38. The summed E-state index contributed by atoms with van der Waals surface area (Å²) < 4.78 is 0. The first-order chi connectivity index (χ1) is 12.9. The quantitative estimate of drug-likeness (QED) is 0.428. The molecule has 0 spiro atoms. The van der Waals surface area contributed by atoms with Gasteiger partial charge in [-0.05, 0) is 34.4 Å². The van der Waals surface area contributed by atoms with Crippen molar-refractivity contribution in [2.24, 2.45) is 0 Å². The highest BCUT2D eigenvalue weighted by molar-refractivity contribution is 5.87. The van der Waals surface area contributed by atoms with E-state index in [1.165, 1.54) is 18.2 Å². The summed E-state index contributed by atoms with van der Waals surface area (Å²) >= 11 is 0. The molecule has 0 aliphatic carbocycles. The SMILES string of the molecule is C=Cc1ccc(O)c(O)c1-c1ccc(-c2c(C=C)cc(O)c(O)c2O)cc1. The van der Waals surface area contributed by atoms with Crippen LogP contribution in [-0.2, 0) is 0 Å². The van der Waals surface area contributed by atoms with Gasteiger partial charge in [0.05, 0.1) is 0 Å². The highest BCUT2D eigenvalue weighted by atomic mass is 16.3. The van der Waals surface area contributed by atoms with Crippen LogP contribution in [-0.4, -0.2) is 25.5 Å². The summed E-state index contributed by atoms with van der Waals surface area (Å²) in [7, 11) is 0. The molecule has 0 bridgehead atoms. The summed E-state index contributed by atoms with van der Waals surface area (Å²) in [5.41, 5.74) is 3.04. The number of aromatic hydroxyl groups is 5. The highest BCUT2D eigenvalue weighted by Gasteiger charge is 2.18. The van der Waals surface area contributed by atoms with Gasteiger partial charge in [-0.3, -0.25) is 0 Å². The molecule has 0 radical (unpaired) electrons. The molecule has 0 saturated heterocycles. The summed E-state index contributed by atoms with van der Waals surface area (Å²) in [5.74, 6) is -2.00. The van der Waals surface area contributed by atoms with Crippen molar-refractivity contribution in [2.75, 3.05) is 0 Å². The topological polar surface area (TPSA) is 101 Å². The first kappa shape index (κ1) is 17.9. The second-order valence-electron chi connectivity index (χ2n) is 5.94. The minimum Gasteiger partial charge on any atom is -0.504 e. The van der Waals surface area contributed by atoms with Crippen molar-refractivity contribution in [2.45, 2.75) is 0 Å². The molecule has 0 fully saturated rings. The van der Waals surface area contributed by atoms with Crippen LogP contribution in [0.15, 0.2) is 55.6 Å². The van der Waals surface area contributed by atoms with Gasteiger partial charge >= 0.3 is 0 Å². The molecule has 3 aromatic carbocycles. The molecule has 27 heavy (non-hydrogen) atoms. The molecular formula is C22H18O5. The first-order valence-electron chi connectivity index (χ1n) is 8.07. The van der Waals surface area contributed by atoms with Crippen LogP contribution >= 0.6 is 0 Å². The van der Waals surface area contributed by atoms with Gasteiger partial charge < -0.3 is 25.5 Å². The lowest BCUT2D eigenvalue weighted by Gasteiger charge is -2.14. The van der Waals surface area contributed by atoms with Gasteiger partial charge in [0.1, 0.15) is 0 Å². The number of rotatable bonds is 4. The molecule has 3 aromatic rings. The Morgan fingerprint density at radius 2 is 1.07 bits per heavy atom. The van der Waals surface area contributed by atoms with Gasteiger partial charge in [-0.1, -0.05) is 55.6 Å². The Morgan fingerprint density at radius 1 is 0.556 bits per heavy atom. The van der Waals surface area contributed by atoms with Gasteiger partial charge in [-0.2, -0.15) is 0 Å². The van der Waals surface area contributed by atoms with E-state index in [4.69, 9.17) is 0 Å². The minimum atomic E-state index is -0.612. The largest absolute Gasteiger partial charge is 0.504 e. The number of hydrogen-bond donors (Lipinski definition) is 5. The lowest BCUT2D eigenvalue weighted by molar-refractivity contribution is 0.369. The summed E-state index contributed by atoms with van der Waals surface area (Å²) in [5, 5.41) is 49.8. The highest BCUT2D eigenvalue weighted by Crippen LogP contribution is 2.46. The third-order valence-electron chi connectivity index (χ3n) is 4.38. The van der Waals surface area contributed by atoms with Crippen molar-refractivity contribution in [1.82, 2.24) is 0 Å². The Hall–Kier alpha value is -3.86. The van der Waals surface area contributed by atoms with Crippen molar-refractivity contribution in [3.63, 3.8) is 0 Å². The van der Waals surface area contributed by atoms with Crippen LogP contribution in [0.1, 0.15) is 11.1 Å². The van der Waals surface area contributed by atoms with E-state index in [1.54, 1.807) is 36.4 Å². The van der Waals surface area contributed by atoms with Gasteiger partial charge in [0.2, 0.25) is 5.75 Å². The summed E-state index contributed by atoms with van der Waals surface area (Å²) in [6.07, 6.45) is 3.03. The van der Waals surface area contributed by atoms with Crippen LogP contribution in [0.3, 0.4) is 0 Å². The van der Waals surface area contributed by atoms with Crippen LogP contribution in [0, 0.1) is 0 Å². The maximum absolute atomic E-state index is 10.2. The van der Waals surface area contributed by atoms with Crippen LogP contribution in [0.2, 0.25) is 0 Å². The predicted molar refractivity (Wildman–Crippen MR) is 106 cm³/mol. The zero-order valence-electron chi connectivity index (χ0n) is 14.3. The van der Waals surface area contributed by atoms with Crippen molar-refractivity contribution in [3.05, 3.63) is 66.7 Å². The number of hydrogen-bond acceptors (Lipinski definition) is 5. The van der Waals surface area contributed by atoms with Gasteiger partial charge in [-0.25, -0.2) is 0 Å². The van der Waals surface area contributed by atoms with Crippen LogP contribution < -0.4 is 0 Å². The fourth-order valence-corrected chi connectivity index (χ4v) is 3.00. The first-order valence-corrected chi connectivity index (χ1v) is 8.07.